The third-order valence-electron chi connectivity index (χ3n) is 3.97. The molecule has 3 N–H and O–H groups in total. The molecule has 0 heterocycles. The molecule has 1 amide bonds. The Morgan fingerprint density at radius 3 is 2.56 bits per heavy atom. The molecule has 3 heteroatoms. The summed E-state index contributed by atoms with van der Waals surface area (Å²) in [6.45, 7) is 2.57. The van der Waals surface area contributed by atoms with Crippen LogP contribution in [0, 0.1) is 5.41 Å². The summed E-state index contributed by atoms with van der Waals surface area (Å²) in [5.41, 5.74) is 6.96. The summed E-state index contributed by atoms with van der Waals surface area (Å²) in [6, 6.07) is 9.77. The molecule has 3 nitrogen and oxygen atoms in total. The number of benzene rings is 1. The zero-order valence-corrected chi connectivity index (χ0v) is 11.0. The second-order valence-corrected chi connectivity index (χ2v) is 5.49. The minimum absolute atomic E-state index is 0.125. The largest absolute Gasteiger partial charge is 0.354 e. The summed E-state index contributed by atoms with van der Waals surface area (Å²) < 4.78 is 0. The summed E-state index contributed by atoms with van der Waals surface area (Å²) >= 11 is 0. The molecule has 18 heavy (non-hydrogen) atoms. The first-order chi connectivity index (χ1) is 8.62. The average molecular weight is 246 g/mol. The number of carbonyl (C=O) groups is 1. The van der Waals surface area contributed by atoms with E-state index < -0.39 is 0 Å². The number of amides is 1. The molecule has 1 aliphatic carbocycles. The number of carbonyl (C=O) groups excluding carboxylic acids is 1. The van der Waals surface area contributed by atoms with E-state index in [0.29, 0.717) is 6.54 Å². The van der Waals surface area contributed by atoms with Crippen molar-refractivity contribution in [2.45, 2.75) is 38.6 Å². The van der Waals surface area contributed by atoms with Crippen LogP contribution >= 0.6 is 0 Å². The van der Waals surface area contributed by atoms with Crippen molar-refractivity contribution in [1.82, 2.24) is 5.32 Å². The van der Waals surface area contributed by atoms with Crippen LogP contribution in [0.2, 0.25) is 0 Å². The highest BCUT2D eigenvalue weighted by atomic mass is 16.2. The van der Waals surface area contributed by atoms with Gasteiger partial charge in [-0.1, -0.05) is 50.1 Å². The summed E-state index contributed by atoms with van der Waals surface area (Å²) in [5, 5.41) is 3.00. The van der Waals surface area contributed by atoms with E-state index in [1.54, 1.807) is 0 Å². The molecular formula is C15H22N2O. The molecule has 2 rings (SSSR count). The van der Waals surface area contributed by atoms with Crippen molar-refractivity contribution in [2.75, 3.05) is 6.54 Å². The van der Waals surface area contributed by atoms with Crippen LogP contribution < -0.4 is 11.1 Å². The summed E-state index contributed by atoms with van der Waals surface area (Å²) in [7, 11) is 0. The van der Waals surface area contributed by atoms with Crippen LogP contribution in [0.1, 0.15) is 44.2 Å². The molecule has 1 unspecified atom stereocenters. The van der Waals surface area contributed by atoms with Crippen LogP contribution in [-0.4, -0.2) is 12.5 Å². The third-order valence-corrected chi connectivity index (χ3v) is 3.97. The number of nitrogens with one attached hydrogen (secondary N) is 1. The molecule has 0 saturated heterocycles. The lowest BCUT2D eigenvalue weighted by molar-refractivity contribution is -0.129. The van der Waals surface area contributed by atoms with E-state index >= 15 is 0 Å². The number of rotatable bonds is 4. The molecule has 98 valence electrons. The topological polar surface area (TPSA) is 55.1 Å². The smallest absolute Gasteiger partial charge is 0.226 e. The number of hydrogen-bond acceptors (Lipinski definition) is 2. The van der Waals surface area contributed by atoms with Crippen molar-refractivity contribution >= 4 is 5.91 Å². The van der Waals surface area contributed by atoms with E-state index in [2.05, 4.69) is 12.2 Å². The Labute approximate surface area is 109 Å². The Morgan fingerprint density at radius 2 is 1.94 bits per heavy atom. The van der Waals surface area contributed by atoms with E-state index in [4.69, 9.17) is 5.73 Å². The van der Waals surface area contributed by atoms with Gasteiger partial charge < -0.3 is 11.1 Å². The van der Waals surface area contributed by atoms with Crippen molar-refractivity contribution < 1.29 is 4.79 Å². The fraction of sp³-hybridized carbons (Fsp3) is 0.533. The molecule has 1 atom stereocenters. The van der Waals surface area contributed by atoms with Crippen LogP contribution in [0.15, 0.2) is 30.3 Å². The van der Waals surface area contributed by atoms with Crippen molar-refractivity contribution in [3.05, 3.63) is 35.9 Å². The molecular weight excluding hydrogens is 224 g/mol. The van der Waals surface area contributed by atoms with E-state index in [1.165, 1.54) is 0 Å². The minimum Gasteiger partial charge on any atom is -0.354 e. The predicted octanol–water partition coefficient (Wildman–Crippen LogP) is 2.38. The highest BCUT2D eigenvalue weighted by Crippen LogP contribution is 2.37. The Morgan fingerprint density at radius 1 is 1.33 bits per heavy atom. The van der Waals surface area contributed by atoms with Crippen molar-refractivity contribution in [3.8, 4) is 0 Å². The van der Waals surface area contributed by atoms with Gasteiger partial charge in [-0.05, 0) is 18.4 Å². The van der Waals surface area contributed by atoms with Gasteiger partial charge in [-0.3, -0.25) is 4.79 Å². The van der Waals surface area contributed by atoms with Crippen molar-refractivity contribution in [2.24, 2.45) is 11.1 Å². The molecule has 1 aromatic rings. The second kappa shape index (κ2) is 5.53. The zero-order chi connectivity index (χ0) is 13.0. The van der Waals surface area contributed by atoms with Gasteiger partial charge in [0.25, 0.3) is 0 Å². The maximum absolute atomic E-state index is 12.1. The molecule has 1 fully saturated rings. The van der Waals surface area contributed by atoms with Crippen LogP contribution in [0.5, 0.6) is 0 Å². The van der Waals surface area contributed by atoms with E-state index in [1.807, 2.05) is 30.3 Å². The monoisotopic (exact) mass is 246 g/mol. The summed E-state index contributed by atoms with van der Waals surface area (Å²) in [5.74, 6) is 0.159. The third kappa shape index (κ3) is 2.91. The lowest BCUT2D eigenvalue weighted by Gasteiger charge is -2.23. The van der Waals surface area contributed by atoms with Gasteiger partial charge in [0.1, 0.15) is 0 Å². The molecule has 1 aromatic carbocycles. The van der Waals surface area contributed by atoms with Gasteiger partial charge >= 0.3 is 0 Å². The van der Waals surface area contributed by atoms with Crippen LogP contribution in [-0.2, 0) is 4.79 Å². The molecule has 0 radical (unpaired) electrons. The maximum Gasteiger partial charge on any atom is 0.226 e. The first kappa shape index (κ1) is 13.1. The van der Waals surface area contributed by atoms with E-state index in [9.17, 15) is 4.79 Å². The van der Waals surface area contributed by atoms with Crippen LogP contribution in [0.4, 0.5) is 0 Å². The Balaban J connectivity index is 1.86. The zero-order valence-electron chi connectivity index (χ0n) is 11.0. The van der Waals surface area contributed by atoms with Gasteiger partial charge in [-0.2, -0.15) is 0 Å². The van der Waals surface area contributed by atoms with Crippen molar-refractivity contribution in [3.63, 3.8) is 0 Å². The fourth-order valence-electron chi connectivity index (χ4n) is 2.62. The lowest BCUT2D eigenvalue weighted by Crippen LogP contribution is -2.40. The Kier molecular flexibility index (Phi) is 4.02. The Bertz CT molecular complexity index is 396. The maximum atomic E-state index is 12.1. The summed E-state index contributed by atoms with van der Waals surface area (Å²) in [4.78, 5) is 12.1. The molecule has 0 aliphatic heterocycles. The Hall–Kier alpha value is -1.35. The molecule has 0 aromatic heterocycles. The molecule has 0 bridgehead atoms. The normalized spacial score (nSPS) is 19.4. The van der Waals surface area contributed by atoms with E-state index in [0.717, 1.165) is 31.2 Å². The van der Waals surface area contributed by atoms with Crippen LogP contribution in [0.3, 0.4) is 0 Å². The molecule has 1 saturated carbocycles. The number of hydrogen-bond donors (Lipinski definition) is 2. The average Bonchev–Trinajstić information content (AvgIpc) is 2.85. The number of nitrogens with two attached hydrogens (primary N) is 1. The van der Waals surface area contributed by atoms with Gasteiger partial charge in [0.05, 0.1) is 0 Å². The van der Waals surface area contributed by atoms with Gasteiger partial charge in [-0.15, -0.1) is 0 Å². The first-order valence-electron chi connectivity index (χ1n) is 6.71. The highest BCUT2D eigenvalue weighted by molar-refractivity contribution is 5.82. The highest BCUT2D eigenvalue weighted by Gasteiger charge is 2.35. The quantitative estimate of drug-likeness (QED) is 0.857. The SMILES string of the molecule is CC1(C(=O)NCC(N)c2ccccc2)CCCC1. The van der Waals surface area contributed by atoms with Gasteiger partial charge in [0.15, 0.2) is 0 Å². The predicted molar refractivity (Wildman–Crippen MR) is 73.0 cm³/mol. The van der Waals surface area contributed by atoms with E-state index in [-0.39, 0.29) is 17.4 Å². The lowest BCUT2D eigenvalue weighted by atomic mass is 9.88. The minimum atomic E-state index is -0.170. The fourth-order valence-corrected chi connectivity index (χ4v) is 2.62. The van der Waals surface area contributed by atoms with Crippen LogP contribution in [0.25, 0.3) is 0 Å². The molecule has 0 spiro atoms. The van der Waals surface area contributed by atoms with Gasteiger partial charge in [0.2, 0.25) is 5.91 Å². The standard InChI is InChI=1S/C15H22N2O/c1-15(9-5-6-10-15)14(18)17-11-13(16)12-7-3-2-4-8-12/h2-4,7-8,13H,5-6,9-11,16H2,1H3,(H,17,18). The van der Waals surface area contributed by atoms with Crippen molar-refractivity contribution in [1.29, 1.82) is 0 Å². The summed E-state index contributed by atoms with van der Waals surface area (Å²) in [6.07, 6.45) is 4.32. The second-order valence-electron chi connectivity index (χ2n) is 5.49. The van der Waals surface area contributed by atoms with Gasteiger partial charge in [-0.25, -0.2) is 0 Å². The molecule has 1 aliphatic rings. The first-order valence-corrected chi connectivity index (χ1v) is 6.71. The van der Waals surface area contributed by atoms with Gasteiger partial charge in [0, 0.05) is 18.0 Å².